The van der Waals surface area contributed by atoms with Crippen molar-refractivity contribution in [3.63, 3.8) is 0 Å². The summed E-state index contributed by atoms with van der Waals surface area (Å²) in [6, 6.07) is 7.45. The molecule has 3 heteroatoms. The van der Waals surface area contributed by atoms with Gasteiger partial charge in [0.1, 0.15) is 5.78 Å². The lowest BCUT2D eigenvalue weighted by Crippen LogP contribution is -2.24. The van der Waals surface area contributed by atoms with Crippen molar-refractivity contribution < 1.29 is 4.79 Å². The Hall–Kier alpha value is -0.860. The van der Waals surface area contributed by atoms with Crippen LogP contribution in [0.2, 0.25) is 5.02 Å². The smallest absolute Gasteiger partial charge is 0.141 e. The Kier molecular flexibility index (Phi) is 4.79. The molecule has 1 aromatic rings. The van der Waals surface area contributed by atoms with Crippen LogP contribution >= 0.6 is 11.6 Å². The van der Waals surface area contributed by atoms with Crippen LogP contribution in [0, 0.1) is 5.92 Å². The summed E-state index contributed by atoms with van der Waals surface area (Å²) in [5.74, 6) is 0.292. The van der Waals surface area contributed by atoms with E-state index in [1.807, 2.05) is 38.2 Å². The van der Waals surface area contributed by atoms with Crippen LogP contribution in [0.1, 0.15) is 12.5 Å². The Morgan fingerprint density at radius 1 is 1.53 bits per heavy atom. The number of hydrogen-bond donors (Lipinski definition) is 1. The van der Waals surface area contributed by atoms with Crippen LogP contribution < -0.4 is 5.32 Å². The van der Waals surface area contributed by atoms with E-state index < -0.39 is 0 Å². The van der Waals surface area contributed by atoms with Crippen molar-refractivity contribution in [3.05, 3.63) is 34.9 Å². The first-order valence-electron chi connectivity index (χ1n) is 5.05. The second-order valence-electron chi connectivity index (χ2n) is 3.73. The van der Waals surface area contributed by atoms with Gasteiger partial charge >= 0.3 is 0 Å². The molecule has 0 saturated carbocycles. The van der Waals surface area contributed by atoms with Gasteiger partial charge in [-0.1, -0.05) is 30.7 Å². The standard InChI is InChI=1S/C12H16ClNO/c1-9(8-14-2)12(15)7-10-4-3-5-11(13)6-10/h3-6,9,14H,7-8H2,1-2H3. The second kappa shape index (κ2) is 5.89. The Bertz CT molecular complexity index is 338. The van der Waals surface area contributed by atoms with Crippen molar-refractivity contribution in [2.75, 3.05) is 13.6 Å². The highest BCUT2D eigenvalue weighted by molar-refractivity contribution is 6.30. The molecule has 1 unspecified atom stereocenters. The molecule has 0 radical (unpaired) electrons. The third kappa shape index (κ3) is 4.02. The molecule has 0 amide bonds. The average molecular weight is 226 g/mol. The van der Waals surface area contributed by atoms with E-state index in [-0.39, 0.29) is 11.7 Å². The summed E-state index contributed by atoms with van der Waals surface area (Å²) < 4.78 is 0. The number of ketones is 1. The minimum Gasteiger partial charge on any atom is -0.319 e. The largest absolute Gasteiger partial charge is 0.319 e. The van der Waals surface area contributed by atoms with Crippen molar-refractivity contribution in [3.8, 4) is 0 Å². The van der Waals surface area contributed by atoms with E-state index in [1.165, 1.54) is 0 Å². The maximum atomic E-state index is 11.7. The van der Waals surface area contributed by atoms with Gasteiger partial charge in [-0.15, -0.1) is 0 Å². The molecule has 1 atom stereocenters. The quantitative estimate of drug-likeness (QED) is 0.833. The minimum absolute atomic E-state index is 0.0500. The molecule has 0 aliphatic rings. The van der Waals surface area contributed by atoms with E-state index in [2.05, 4.69) is 5.32 Å². The molecule has 0 heterocycles. The Morgan fingerprint density at radius 2 is 2.27 bits per heavy atom. The van der Waals surface area contributed by atoms with Gasteiger partial charge in [-0.2, -0.15) is 0 Å². The van der Waals surface area contributed by atoms with Crippen molar-refractivity contribution in [1.82, 2.24) is 5.32 Å². The zero-order valence-electron chi connectivity index (χ0n) is 9.09. The fraction of sp³-hybridized carbons (Fsp3) is 0.417. The maximum Gasteiger partial charge on any atom is 0.141 e. The number of benzene rings is 1. The van der Waals surface area contributed by atoms with Crippen molar-refractivity contribution >= 4 is 17.4 Å². The van der Waals surface area contributed by atoms with Crippen molar-refractivity contribution in [2.24, 2.45) is 5.92 Å². The molecular formula is C12H16ClNO. The molecule has 0 saturated heterocycles. The van der Waals surface area contributed by atoms with E-state index in [0.29, 0.717) is 11.4 Å². The van der Waals surface area contributed by atoms with Gasteiger partial charge in [-0.25, -0.2) is 0 Å². The number of hydrogen-bond acceptors (Lipinski definition) is 2. The van der Waals surface area contributed by atoms with E-state index in [9.17, 15) is 4.79 Å². The fourth-order valence-corrected chi connectivity index (χ4v) is 1.66. The summed E-state index contributed by atoms with van der Waals surface area (Å²) >= 11 is 5.85. The number of nitrogens with one attached hydrogen (secondary N) is 1. The lowest BCUT2D eigenvalue weighted by Gasteiger charge is -2.09. The highest BCUT2D eigenvalue weighted by Gasteiger charge is 2.12. The summed E-state index contributed by atoms with van der Waals surface area (Å²) in [7, 11) is 1.85. The predicted octanol–water partition coefficient (Wildman–Crippen LogP) is 2.31. The molecule has 1 rings (SSSR count). The molecule has 82 valence electrons. The zero-order valence-corrected chi connectivity index (χ0v) is 9.84. The second-order valence-corrected chi connectivity index (χ2v) is 4.17. The van der Waals surface area contributed by atoms with Crippen LogP contribution in [0.25, 0.3) is 0 Å². The molecule has 15 heavy (non-hydrogen) atoms. The van der Waals surface area contributed by atoms with Gasteiger partial charge in [0.15, 0.2) is 0 Å². The third-order valence-electron chi connectivity index (χ3n) is 2.33. The van der Waals surface area contributed by atoms with Gasteiger partial charge in [0, 0.05) is 23.9 Å². The highest BCUT2D eigenvalue weighted by Crippen LogP contribution is 2.12. The van der Waals surface area contributed by atoms with E-state index in [1.54, 1.807) is 0 Å². The van der Waals surface area contributed by atoms with Crippen molar-refractivity contribution in [2.45, 2.75) is 13.3 Å². The molecule has 0 spiro atoms. The normalized spacial score (nSPS) is 12.5. The van der Waals surface area contributed by atoms with Gasteiger partial charge < -0.3 is 5.32 Å². The molecule has 0 aliphatic carbocycles. The Labute approximate surface area is 95.6 Å². The predicted molar refractivity (Wildman–Crippen MR) is 63.3 cm³/mol. The van der Waals surface area contributed by atoms with Crippen LogP contribution in [0.3, 0.4) is 0 Å². The molecule has 0 bridgehead atoms. The number of carbonyl (C=O) groups excluding carboxylic acids is 1. The van der Waals surface area contributed by atoms with E-state index in [4.69, 9.17) is 11.6 Å². The summed E-state index contributed by atoms with van der Waals surface area (Å²) in [6.07, 6.45) is 0.462. The number of carbonyl (C=O) groups is 1. The zero-order chi connectivity index (χ0) is 11.3. The molecule has 0 aliphatic heterocycles. The van der Waals surface area contributed by atoms with Crippen molar-refractivity contribution in [1.29, 1.82) is 0 Å². The first-order chi connectivity index (χ1) is 7.13. The topological polar surface area (TPSA) is 29.1 Å². The molecule has 1 N–H and O–H groups in total. The Morgan fingerprint density at radius 3 is 2.87 bits per heavy atom. The molecule has 1 aromatic carbocycles. The summed E-state index contributed by atoms with van der Waals surface area (Å²) in [4.78, 5) is 11.7. The van der Waals surface area contributed by atoms with Gasteiger partial charge in [0.25, 0.3) is 0 Å². The van der Waals surface area contributed by atoms with Crippen LogP contribution in [0.5, 0.6) is 0 Å². The van der Waals surface area contributed by atoms with Gasteiger partial charge in [-0.3, -0.25) is 4.79 Å². The first kappa shape index (κ1) is 12.2. The Balaban J connectivity index is 2.58. The number of halogens is 1. The van der Waals surface area contributed by atoms with E-state index >= 15 is 0 Å². The van der Waals surface area contributed by atoms with Crippen LogP contribution in [-0.4, -0.2) is 19.4 Å². The summed E-state index contributed by atoms with van der Waals surface area (Å²) in [5, 5.41) is 3.68. The average Bonchev–Trinajstić information content (AvgIpc) is 2.18. The van der Waals surface area contributed by atoms with Gasteiger partial charge in [0.2, 0.25) is 0 Å². The summed E-state index contributed by atoms with van der Waals surface area (Å²) in [6.45, 7) is 2.66. The monoisotopic (exact) mass is 225 g/mol. The van der Waals surface area contributed by atoms with Crippen LogP contribution in [0.4, 0.5) is 0 Å². The first-order valence-corrected chi connectivity index (χ1v) is 5.43. The molecule has 0 fully saturated rings. The maximum absolute atomic E-state index is 11.7. The van der Waals surface area contributed by atoms with Gasteiger partial charge in [0.05, 0.1) is 0 Å². The number of rotatable bonds is 5. The fourth-order valence-electron chi connectivity index (χ4n) is 1.44. The lowest BCUT2D eigenvalue weighted by atomic mass is 9.99. The van der Waals surface area contributed by atoms with E-state index in [0.717, 1.165) is 12.1 Å². The SMILES string of the molecule is CNCC(C)C(=O)Cc1cccc(Cl)c1. The molecule has 0 aromatic heterocycles. The molecular weight excluding hydrogens is 210 g/mol. The van der Waals surface area contributed by atoms with Gasteiger partial charge in [-0.05, 0) is 24.7 Å². The van der Waals surface area contributed by atoms with Crippen LogP contribution in [-0.2, 0) is 11.2 Å². The minimum atomic E-state index is 0.0500. The lowest BCUT2D eigenvalue weighted by molar-refractivity contribution is -0.121. The number of Topliss-reactive ketones (excluding diaryl/α,β-unsaturated/α-hetero) is 1. The molecule has 2 nitrogen and oxygen atoms in total. The summed E-state index contributed by atoms with van der Waals surface area (Å²) in [5.41, 5.74) is 0.982. The third-order valence-corrected chi connectivity index (χ3v) is 2.56. The highest BCUT2D eigenvalue weighted by atomic mass is 35.5. The van der Waals surface area contributed by atoms with Crippen LogP contribution in [0.15, 0.2) is 24.3 Å².